The van der Waals surface area contributed by atoms with Gasteiger partial charge >= 0.3 is 0 Å². The first-order valence-electron chi connectivity index (χ1n) is 10.1. The van der Waals surface area contributed by atoms with Crippen LogP contribution in [0.1, 0.15) is 26.3 Å². The minimum absolute atomic E-state index is 0.159. The quantitative estimate of drug-likeness (QED) is 0.379. The average Bonchev–Trinajstić information content (AvgIpc) is 2.74. The number of nitrogens with one attached hydrogen (secondary N) is 1. The van der Waals surface area contributed by atoms with Crippen LogP contribution in [0.3, 0.4) is 0 Å². The van der Waals surface area contributed by atoms with Crippen molar-refractivity contribution < 1.29 is 0 Å². The van der Waals surface area contributed by atoms with Crippen molar-refractivity contribution >= 4 is 11.4 Å². The first-order valence-corrected chi connectivity index (χ1v) is 10.1. The lowest BCUT2D eigenvalue weighted by atomic mass is 9.87. The number of rotatable bonds is 4. The molecule has 0 aliphatic rings. The Labute approximate surface area is 174 Å². The van der Waals surface area contributed by atoms with Crippen molar-refractivity contribution in [2.45, 2.75) is 26.2 Å². The highest BCUT2D eigenvalue weighted by Gasteiger charge is 2.13. The van der Waals surface area contributed by atoms with E-state index in [4.69, 9.17) is 0 Å². The van der Waals surface area contributed by atoms with Gasteiger partial charge in [0.25, 0.3) is 0 Å². The Hall–Kier alpha value is -3.32. The number of hydrogen-bond donors (Lipinski definition) is 1. The third-order valence-electron chi connectivity index (χ3n) is 5.19. The molecule has 0 unspecified atom stereocenters. The molecule has 0 saturated heterocycles. The molecule has 1 heteroatoms. The normalized spacial score (nSPS) is 11.3. The minimum Gasteiger partial charge on any atom is -0.355 e. The molecule has 0 fully saturated rings. The first-order chi connectivity index (χ1) is 14.0. The molecule has 4 aromatic rings. The van der Waals surface area contributed by atoms with E-state index in [0.717, 1.165) is 11.4 Å². The maximum atomic E-state index is 3.60. The monoisotopic (exact) mass is 377 g/mol. The molecule has 0 saturated carbocycles. The second-order valence-corrected chi connectivity index (χ2v) is 8.48. The average molecular weight is 378 g/mol. The fraction of sp³-hybridized carbons (Fsp3) is 0.143. The molecule has 0 spiro atoms. The Kier molecular flexibility index (Phi) is 5.22. The maximum Gasteiger partial charge on any atom is 0.0396 e. The van der Waals surface area contributed by atoms with Gasteiger partial charge in [-0.2, -0.15) is 0 Å². The lowest BCUT2D eigenvalue weighted by Gasteiger charge is -2.19. The Morgan fingerprint density at radius 3 is 1.41 bits per heavy atom. The van der Waals surface area contributed by atoms with Crippen LogP contribution in [0.4, 0.5) is 11.4 Å². The Bertz CT molecular complexity index is 1010. The lowest BCUT2D eigenvalue weighted by molar-refractivity contribution is 0.590. The van der Waals surface area contributed by atoms with E-state index in [-0.39, 0.29) is 5.41 Å². The summed E-state index contributed by atoms with van der Waals surface area (Å²) in [4.78, 5) is 0. The van der Waals surface area contributed by atoms with Crippen LogP contribution in [-0.4, -0.2) is 0 Å². The molecule has 0 amide bonds. The van der Waals surface area contributed by atoms with E-state index < -0.39 is 0 Å². The van der Waals surface area contributed by atoms with Crippen molar-refractivity contribution in [3.63, 3.8) is 0 Å². The Balaban J connectivity index is 1.72. The van der Waals surface area contributed by atoms with Gasteiger partial charge in [0.15, 0.2) is 0 Å². The molecule has 1 N–H and O–H groups in total. The summed E-state index contributed by atoms with van der Waals surface area (Å²) in [6, 6.07) is 36.5. The standard InChI is InChI=1S/C28H27N/c1-28(2,3)25-14-16-26(17-15-25)29-27-19-23(21-10-6-4-7-11-21)18-24(20-27)22-12-8-5-9-13-22/h4-20,29H,1-3H3. The molecular weight excluding hydrogens is 350 g/mol. The van der Waals surface area contributed by atoms with Crippen molar-refractivity contribution in [2.24, 2.45) is 0 Å². The largest absolute Gasteiger partial charge is 0.355 e. The summed E-state index contributed by atoms with van der Waals surface area (Å²) in [6.45, 7) is 6.72. The van der Waals surface area contributed by atoms with Crippen molar-refractivity contribution in [1.29, 1.82) is 0 Å². The Morgan fingerprint density at radius 1 is 0.483 bits per heavy atom. The van der Waals surface area contributed by atoms with Crippen molar-refractivity contribution in [2.75, 3.05) is 5.32 Å². The molecular formula is C28H27N. The van der Waals surface area contributed by atoms with E-state index in [1.54, 1.807) is 0 Å². The highest BCUT2D eigenvalue weighted by Crippen LogP contribution is 2.32. The van der Waals surface area contributed by atoms with E-state index >= 15 is 0 Å². The van der Waals surface area contributed by atoms with Crippen LogP contribution in [0.25, 0.3) is 22.3 Å². The summed E-state index contributed by atoms with van der Waals surface area (Å²) in [6.07, 6.45) is 0. The number of anilines is 2. The van der Waals surface area contributed by atoms with Gasteiger partial charge in [-0.15, -0.1) is 0 Å². The zero-order valence-electron chi connectivity index (χ0n) is 17.3. The summed E-state index contributed by atoms with van der Waals surface area (Å²) in [5.74, 6) is 0. The van der Waals surface area contributed by atoms with Crippen LogP contribution in [-0.2, 0) is 5.41 Å². The van der Waals surface area contributed by atoms with Gasteiger partial charge in [0, 0.05) is 11.4 Å². The highest BCUT2D eigenvalue weighted by atomic mass is 14.9. The maximum absolute atomic E-state index is 3.60. The van der Waals surface area contributed by atoms with Gasteiger partial charge in [-0.1, -0.05) is 93.6 Å². The summed E-state index contributed by atoms with van der Waals surface area (Å²) in [5.41, 5.74) is 8.54. The number of benzene rings is 4. The van der Waals surface area contributed by atoms with E-state index in [9.17, 15) is 0 Å². The lowest BCUT2D eigenvalue weighted by Crippen LogP contribution is -2.10. The van der Waals surface area contributed by atoms with E-state index in [1.165, 1.54) is 27.8 Å². The number of hydrogen-bond acceptors (Lipinski definition) is 1. The highest BCUT2D eigenvalue weighted by molar-refractivity contribution is 5.79. The van der Waals surface area contributed by atoms with Crippen LogP contribution >= 0.6 is 0 Å². The molecule has 29 heavy (non-hydrogen) atoms. The van der Waals surface area contributed by atoms with Gasteiger partial charge in [0.05, 0.1) is 0 Å². The molecule has 4 rings (SSSR count). The van der Waals surface area contributed by atoms with Crippen LogP contribution in [0, 0.1) is 0 Å². The third kappa shape index (κ3) is 4.57. The zero-order valence-corrected chi connectivity index (χ0v) is 17.3. The fourth-order valence-electron chi connectivity index (χ4n) is 3.51. The van der Waals surface area contributed by atoms with Gasteiger partial charge in [0.1, 0.15) is 0 Å². The van der Waals surface area contributed by atoms with Gasteiger partial charge < -0.3 is 5.32 Å². The second kappa shape index (κ2) is 7.97. The summed E-state index contributed by atoms with van der Waals surface area (Å²) >= 11 is 0. The molecule has 144 valence electrons. The first kappa shape index (κ1) is 19.0. The smallest absolute Gasteiger partial charge is 0.0396 e. The predicted octanol–water partition coefficient (Wildman–Crippen LogP) is 8.06. The predicted molar refractivity (Wildman–Crippen MR) is 126 cm³/mol. The summed E-state index contributed by atoms with van der Waals surface area (Å²) in [5, 5.41) is 3.60. The zero-order chi connectivity index (χ0) is 20.3. The van der Waals surface area contributed by atoms with Crippen molar-refractivity contribution in [3.8, 4) is 22.3 Å². The molecule has 4 aromatic carbocycles. The molecule has 0 atom stereocenters. The summed E-state index contributed by atoms with van der Waals surface area (Å²) < 4.78 is 0. The van der Waals surface area contributed by atoms with E-state index in [0.29, 0.717) is 0 Å². The van der Waals surface area contributed by atoms with Crippen LogP contribution in [0.5, 0.6) is 0 Å². The second-order valence-electron chi connectivity index (χ2n) is 8.48. The van der Waals surface area contributed by atoms with E-state index in [1.807, 2.05) is 0 Å². The molecule has 0 aliphatic carbocycles. The molecule has 0 heterocycles. The fourth-order valence-corrected chi connectivity index (χ4v) is 3.51. The Morgan fingerprint density at radius 2 is 0.966 bits per heavy atom. The van der Waals surface area contributed by atoms with Crippen molar-refractivity contribution in [1.82, 2.24) is 0 Å². The van der Waals surface area contributed by atoms with Crippen LogP contribution < -0.4 is 5.32 Å². The van der Waals surface area contributed by atoms with Crippen LogP contribution in [0.15, 0.2) is 103 Å². The van der Waals surface area contributed by atoms with Crippen LogP contribution in [0.2, 0.25) is 0 Å². The van der Waals surface area contributed by atoms with Crippen molar-refractivity contribution in [3.05, 3.63) is 109 Å². The van der Waals surface area contributed by atoms with Gasteiger partial charge in [-0.05, 0) is 63.6 Å². The van der Waals surface area contributed by atoms with Gasteiger partial charge in [-0.25, -0.2) is 0 Å². The summed E-state index contributed by atoms with van der Waals surface area (Å²) in [7, 11) is 0. The van der Waals surface area contributed by atoms with Gasteiger partial charge in [0.2, 0.25) is 0 Å². The van der Waals surface area contributed by atoms with Gasteiger partial charge in [-0.3, -0.25) is 0 Å². The molecule has 0 aliphatic heterocycles. The van der Waals surface area contributed by atoms with E-state index in [2.05, 4.69) is 129 Å². The third-order valence-corrected chi connectivity index (χ3v) is 5.19. The molecule has 0 aromatic heterocycles. The molecule has 1 nitrogen and oxygen atoms in total. The minimum atomic E-state index is 0.159. The topological polar surface area (TPSA) is 12.0 Å². The SMILES string of the molecule is CC(C)(C)c1ccc(Nc2cc(-c3ccccc3)cc(-c3ccccc3)c2)cc1. The molecule has 0 bridgehead atoms. The molecule has 0 radical (unpaired) electrons.